The second-order valence-corrected chi connectivity index (χ2v) is 10.1. The summed E-state index contributed by atoms with van der Waals surface area (Å²) in [6.07, 6.45) is 1.05. The highest BCUT2D eigenvalue weighted by Crippen LogP contribution is 2.63. The number of para-hydroxylation sites is 1. The molecule has 184 valence electrons. The average molecular weight is 478 g/mol. The van der Waals surface area contributed by atoms with Crippen LogP contribution in [0.25, 0.3) is 0 Å². The molecule has 1 spiro atoms. The van der Waals surface area contributed by atoms with E-state index in [1.807, 2.05) is 57.2 Å². The summed E-state index contributed by atoms with van der Waals surface area (Å²) < 4.78 is 6.55. The summed E-state index contributed by atoms with van der Waals surface area (Å²) in [6.45, 7) is 5.41. The van der Waals surface area contributed by atoms with Gasteiger partial charge in [0.25, 0.3) is 0 Å². The van der Waals surface area contributed by atoms with E-state index in [2.05, 4.69) is 10.6 Å². The van der Waals surface area contributed by atoms with E-state index in [0.717, 1.165) is 11.1 Å². The maximum Gasteiger partial charge on any atom is 0.250 e. The Morgan fingerprint density at radius 3 is 2.54 bits per heavy atom. The predicted molar refractivity (Wildman–Crippen MR) is 131 cm³/mol. The second kappa shape index (κ2) is 8.46. The largest absolute Gasteiger partial charge is 0.395 e. The Labute approximate surface area is 204 Å². The van der Waals surface area contributed by atoms with E-state index in [-0.39, 0.29) is 30.9 Å². The average Bonchev–Trinajstić information content (AvgIpc) is 3.38. The third-order valence-electron chi connectivity index (χ3n) is 7.84. The maximum atomic E-state index is 13.7. The Morgan fingerprint density at radius 2 is 1.83 bits per heavy atom. The molecule has 2 bridgehead atoms. The lowest BCUT2D eigenvalue weighted by Crippen LogP contribution is -2.53. The Hall–Kier alpha value is -3.23. The standard InChI is InChI=1S/C27H31N3O5/c1-16-9-10-17(2)19(15-16)29-24(33)22-27-12-11-26(3,35-27)20(21(27)25(34)30(22)13-14-31)23(32)28-18-7-5-4-6-8-18/h4-10,15,20-22,31H,11-14H2,1-3H3,(H,28,32)(H,29,33)/t20-,21-,22?,26+,27?/m0/s1. The van der Waals surface area contributed by atoms with Crippen molar-refractivity contribution in [1.82, 2.24) is 4.90 Å². The highest BCUT2D eigenvalue weighted by molar-refractivity contribution is 6.05. The van der Waals surface area contributed by atoms with Gasteiger partial charge in [0, 0.05) is 17.9 Å². The van der Waals surface area contributed by atoms with Gasteiger partial charge in [0.05, 0.1) is 24.0 Å². The summed E-state index contributed by atoms with van der Waals surface area (Å²) in [4.78, 5) is 42.4. The molecule has 8 heteroatoms. The van der Waals surface area contributed by atoms with Gasteiger partial charge in [0.15, 0.2) is 0 Å². The highest BCUT2D eigenvalue weighted by atomic mass is 16.5. The zero-order valence-corrected chi connectivity index (χ0v) is 20.2. The fraction of sp³-hybridized carbons (Fsp3) is 0.444. The molecule has 3 amide bonds. The first-order valence-corrected chi connectivity index (χ1v) is 12.1. The van der Waals surface area contributed by atoms with Crippen molar-refractivity contribution in [3.8, 4) is 0 Å². The van der Waals surface area contributed by atoms with Crippen LogP contribution in [0.2, 0.25) is 0 Å². The van der Waals surface area contributed by atoms with Crippen molar-refractivity contribution in [3.05, 3.63) is 59.7 Å². The monoisotopic (exact) mass is 477 g/mol. The number of aliphatic hydroxyl groups excluding tert-OH is 1. The van der Waals surface area contributed by atoms with Crippen LogP contribution in [0.5, 0.6) is 0 Å². The molecule has 3 fully saturated rings. The molecule has 5 atom stereocenters. The number of hydrogen-bond acceptors (Lipinski definition) is 5. The molecule has 5 rings (SSSR count). The van der Waals surface area contributed by atoms with Crippen molar-refractivity contribution in [2.45, 2.75) is 50.9 Å². The number of hydrogen-bond donors (Lipinski definition) is 3. The number of benzene rings is 2. The Balaban J connectivity index is 1.50. The van der Waals surface area contributed by atoms with E-state index < -0.39 is 29.1 Å². The SMILES string of the molecule is Cc1ccc(C)c(NC(=O)C2N(CCO)C(=O)[C@@H]3[C@@H](C(=O)Nc4ccccc4)[C@@]4(C)CCC23O4)c1. The molecule has 0 aromatic heterocycles. The van der Waals surface area contributed by atoms with E-state index in [1.165, 1.54) is 4.90 Å². The van der Waals surface area contributed by atoms with Gasteiger partial charge in [-0.1, -0.05) is 30.3 Å². The van der Waals surface area contributed by atoms with Gasteiger partial charge in [0.2, 0.25) is 17.7 Å². The van der Waals surface area contributed by atoms with E-state index in [0.29, 0.717) is 24.2 Å². The van der Waals surface area contributed by atoms with Crippen LogP contribution >= 0.6 is 0 Å². The van der Waals surface area contributed by atoms with Crippen molar-refractivity contribution in [2.24, 2.45) is 11.8 Å². The van der Waals surface area contributed by atoms with Gasteiger partial charge in [-0.3, -0.25) is 14.4 Å². The zero-order chi connectivity index (χ0) is 25.0. The number of likely N-dealkylation sites (tertiary alicyclic amines) is 1. The summed E-state index contributed by atoms with van der Waals surface area (Å²) in [5.41, 5.74) is 1.23. The van der Waals surface area contributed by atoms with E-state index in [9.17, 15) is 19.5 Å². The third kappa shape index (κ3) is 3.63. The normalized spacial score (nSPS) is 30.9. The molecular formula is C27H31N3O5. The van der Waals surface area contributed by atoms with Gasteiger partial charge in [-0.25, -0.2) is 0 Å². The number of rotatable bonds is 6. The molecule has 3 aliphatic heterocycles. The summed E-state index contributed by atoms with van der Waals surface area (Å²) in [5, 5.41) is 15.6. The minimum absolute atomic E-state index is 0.00489. The molecule has 8 nitrogen and oxygen atoms in total. The number of nitrogens with zero attached hydrogens (tertiary/aromatic N) is 1. The summed E-state index contributed by atoms with van der Waals surface area (Å²) in [7, 11) is 0. The number of nitrogens with one attached hydrogen (secondary N) is 2. The van der Waals surface area contributed by atoms with Crippen molar-refractivity contribution >= 4 is 29.1 Å². The Morgan fingerprint density at radius 1 is 1.09 bits per heavy atom. The van der Waals surface area contributed by atoms with Crippen LogP contribution in [-0.4, -0.2) is 58.1 Å². The molecule has 2 aromatic rings. The number of fused-ring (bicyclic) bond motifs is 1. The molecular weight excluding hydrogens is 446 g/mol. The molecule has 2 unspecified atom stereocenters. The fourth-order valence-electron chi connectivity index (χ4n) is 6.29. The number of aryl methyl sites for hydroxylation is 2. The molecule has 0 radical (unpaired) electrons. The van der Waals surface area contributed by atoms with Crippen molar-refractivity contribution in [3.63, 3.8) is 0 Å². The van der Waals surface area contributed by atoms with Crippen LogP contribution in [0.4, 0.5) is 11.4 Å². The maximum absolute atomic E-state index is 13.7. The van der Waals surface area contributed by atoms with E-state index in [1.54, 1.807) is 12.1 Å². The van der Waals surface area contributed by atoms with E-state index in [4.69, 9.17) is 4.74 Å². The van der Waals surface area contributed by atoms with Crippen LogP contribution in [0.1, 0.15) is 30.9 Å². The number of amides is 3. The minimum Gasteiger partial charge on any atom is -0.395 e. The topological polar surface area (TPSA) is 108 Å². The first kappa shape index (κ1) is 23.5. The zero-order valence-electron chi connectivity index (χ0n) is 20.2. The van der Waals surface area contributed by atoms with Gasteiger partial charge >= 0.3 is 0 Å². The predicted octanol–water partition coefficient (Wildman–Crippen LogP) is 2.64. The van der Waals surface area contributed by atoms with Crippen LogP contribution < -0.4 is 10.6 Å². The first-order chi connectivity index (χ1) is 16.7. The molecule has 3 saturated heterocycles. The van der Waals surface area contributed by atoms with Crippen LogP contribution in [-0.2, 0) is 19.1 Å². The lowest BCUT2D eigenvalue weighted by atomic mass is 9.66. The number of ether oxygens (including phenoxy) is 1. The minimum atomic E-state index is -1.12. The first-order valence-electron chi connectivity index (χ1n) is 12.1. The number of carbonyl (C=O) groups is 3. The molecule has 2 aromatic carbocycles. The number of aliphatic hydroxyl groups is 1. The molecule has 3 heterocycles. The smallest absolute Gasteiger partial charge is 0.250 e. The summed E-state index contributed by atoms with van der Waals surface area (Å²) in [5.74, 6) is -2.53. The molecule has 35 heavy (non-hydrogen) atoms. The van der Waals surface area contributed by atoms with Crippen LogP contribution in [0.3, 0.4) is 0 Å². The number of anilines is 2. The fourth-order valence-corrected chi connectivity index (χ4v) is 6.29. The third-order valence-corrected chi connectivity index (χ3v) is 7.84. The van der Waals surface area contributed by atoms with Crippen LogP contribution in [0, 0.1) is 25.7 Å². The van der Waals surface area contributed by atoms with Crippen molar-refractivity contribution in [1.29, 1.82) is 0 Å². The molecule has 3 N–H and O–H groups in total. The summed E-state index contributed by atoms with van der Waals surface area (Å²) in [6, 6.07) is 13.9. The lowest BCUT2D eigenvalue weighted by molar-refractivity contribution is -0.143. The van der Waals surface area contributed by atoms with Gasteiger partial charge in [-0.2, -0.15) is 0 Å². The number of β-amino-alcohol motifs (C(OH)–C–C–N with tert-alkyl or cyclic N) is 1. The second-order valence-electron chi connectivity index (χ2n) is 10.1. The highest BCUT2D eigenvalue weighted by Gasteiger charge is 2.77. The van der Waals surface area contributed by atoms with Crippen molar-refractivity contribution < 1.29 is 24.2 Å². The quantitative estimate of drug-likeness (QED) is 0.593. The Kier molecular flexibility index (Phi) is 5.68. The van der Waals surface area contributed by atoms with Crippen molar-refractivity contribution in [2.75, 3.05) is 23.8 Å². The van der Waals surface area contributed by atoms with E-state index >= 15 is 0 Å². The van der Waals surface area contributed by atoms with Gasteiger partial charge < -0.3 is 25.4 Å². The lowest BCUT2D eigenvalue weighted by Gasteiger charge is -2.33. The van der Waals surface area contributed by atoms with Crippen LogP contribution in [0.15, 0.2) is 48.5 Å². The molecule has 0 aliphatic carbocycles. The molecule has 3 aliphatic rings. The molecule has 0 saturated carbocycles. The number of carbonyl (C=O) groups excluding carboxylic acids is 3. The summed E-state index contributed by atoms with van der Waals surface area (Å²) >= 11 is 0. The van der Waals surface area contributed by atoms with Gasteiger partial charge in [-0.15, -0.1) is 0 Å². The van der Waals surface area contributed by atoms with Gasteiger partial charge in [0.1, 0.15) is 11.6 Å². The van der Waals surface area contributed by atoms with Gasteiger partial charge in [-0.05, 0) is 62.9 Å². The Bertz CT molecular complexity index is 1180.